The summed E-state index contributed by atoms with van der Waals surface area (Å²) in [5, 5.41) is 11.5. The Bertz CT molecular complexity index is 728. The number of methoxy groups -OCH3 is 1. The minimum absolute atomic E-state index is 0.0298. The zero-order chi connectivity index (χ0) is 22.2. The van der Waals surface area contributed by atoms with E-state index in [0.29, 0.717) is 0 Å². The molecule has 9 nitrogen and oxygen atoms in total. The number of carbonyl (C=O) groups is 4. The van der Waals surface area contributed by atoms with Gasteiger partial charge in [-0.05, 0) is 33.3 Å². The second kappa shape index (κ2) is 10.4. The van der Waals surface area contributed by atoms with E-state index < -0.39 is 48.0 Å². The summed E-state index contributed by atoms with van der Waals surface area (Å²) in [5.74, 6) is -2.69. The van der Waals surface area contributed by atoms with E-state index in [4.69, 9.17) is 9.47 Å². The highest BCUT2D eigenvalue weighted by Gasteiger charge is 2.34. The average molecular weight is 408 g/mol. The molecule has 0 spiro atoms. The van der Waals surface area contributed by atoms with Crippen molar-refractivity contribution in [2.75, 3.05) is 7.11 Å². The Kier molecular flexibility index (Phi) is 8.62. The molecule has 0 bridgehead atoms. The molecule has 1 aromatic carbocycles. The Morgan fingerprint density at radius 1 is 1.14 bits per heavy atom. The summed E-state index contributed by atoms with van der Waals surface area (Å²) >= 11 is 0. The Morgan fingerprint density at radius 2 is 1.72 bits per heavy atom. The number of aliphatic carboxylic acids is 1. The molecule has 0 aliphatic carbocycles. The third kappa shape index (κ3) is 8.20. The summed E-state index contributed by atoms with van der Waals surface area (Å²) in [7, 11) is 1.19. The van der Waals surface area contributed by atoms with Gasteiger partial charge >= 0.3 is 18.0 Å². The van der Waals surface area contributed by atoms with Gasteiger partial charge < -0.3 is 24.8 Å². The number of ether oxygens (including phenoxy) is 2. The summed E-state index contributed by atoms with van der Waals surface area (Å²) in [5.41, 5.74) is -0.104. The van der Waals surface area contributed by atoms with Crippen LogP contribution in [0.25, 0.3) is 0 Å². The van der Waals surface area contributed by atoms with Crippen LogP contribution in [0, 0.1) is 0 Å². The number of carboxylic acid groups (broad SMARTS) is 1. The number of carbonyl (C=O) groups excluding carboxylic acids is 3. The largest absolute Gasteiger partial charge is 0.481 e. The predicted octanol–water partition coefficient (Wildman–Crippen LogP) is 1.94. The molecule has 160 valence electrons. The third-order valence-electron chi connectivity index (χ3n) is 3.86. The first-order valence-electron chi connectivity index (χ1n) is 9.08. The van der Waals surface area contributed by atoms with Gasteiger partial charge in [0, 0.05) is 6.54 Å². The molecule has 0 aliphatic rings. The van der Waals surface area contributed by atoms with Gasteiger partial charge in [-0.3, -0.25) is 9.59 Å². The zero-order valence-corrected chi connectivity index (χ0v) is 17.3. The van der Waals surface area contributed by atoms with Crippen LogP contribution in [-0.4, -0.2) is 58.7 Å². The van der Waals surface area contributed by atoms with Gasteiger partial charge in [-0.25, -0.2) is 9.59 Å². The first-order chi connectivity index (χ1) is 13.4. The lowest BCUT2D eigenvalue weighted by molar-refractivity contribution is -0.154. The van der Waals surface area contributed by atoms with Crippen LogP contribution < -0.4 is 5.32 Å². The Morgan fingerprint density at radius 3 is 2.21 bits per heavy atom. The topological polar surface area (TPSA) is 122 Å². The molecule has 2 atom stereocenters. The molecular weight excluding hydrogens is 380 g/mol. The Hall–Kier alpha value is -3.10. The SMILES string of the molecule is COC(=O)[C@H](C)N(Cc1ccccc1)C(=O)[C@@H](CC(=O)O)NC(=O)OC(C)(C)C. The highest BCUT2D eigenvalue weighted by Crippen LogP contribution is 2.14. The maximum absolute atomic E-state index is 13.1. The number of nitrogens with zero attached hydrogens (tertiary/aromatic N) is 1. The Balaban J connectivity index is 3.15. The van der Waals surface area contributed by atoms with Crippen molar-refractivity contribution in [1.29, 1.82) is 0 Å². The van der Waals surface area contributed by atoms with Crippen molar-refractivity contribution in [1.82, 2.24) is 10.2 Å². The molecule has 0 fully saturated rings. The van der Waals surface area contributed by atoms with Crippen LogP contribution in [0.3, 0.4) is 0 Å². The molecule has 0 aromatic heterocycles. The normalized spacial score (nSPS) is 13.0. The van der Waals surface area contributed by atoms with Gasteiger partial charge in [0.1, 0.15) is 17.7 Å². The molecule has 0 saturated heterocycles. The van der Waals surface area contributed by atoms with Crippen LogP contribution in [0.15, 0.2) is 30.3 Å². The molecule has 29 heavy (non-hydrogen) atoms. The van der Waals surface area contributed by atoms with E-state index >= 15 is 0 Å². The smallest absolute Gasteiger partial charge is 0.408 e. The number of esters is 1. The molecule has 1 aromatic rings. The van der Waals surface area contributed by atoms with Crippen LogP contribution >= 0.6 is 0 Å². The molecule has 0 radical (unpaired) electrons. The summed E-state index contributed by atoms with van der Waals surface area (Å²) in [4.78, 5) is 49.7. The van der Waals surface area contributed by atoms with Gasteiger partial charge in [0.15, 0.2) is 0 Å². The molecule has 0 aliphatic heterocycles. The summed E-state index contributed by atoms with van der Waals surface area (Å²) < 4.78 is 9.85. The van der Waals surface area contributed by atoms with E-state index in [2.05, 4.69) is 5.32 Å². The molecule has 0 heterocycles. The molecule has 0 unspecified atom stereocenters. The van der Waals surface area contributed by atoms with Gasteiger partial charge in [0.2, 0.25) is 5.91 Å². The minimum Gasteiger partial charge on any atom is -0.481 e. The lowest BCUT2D eigenvalue weighted by Crippen LogP contribution is -2.54. The average Bonchev–Trinajstić information content (AvgIpc) is 2.62. The van der Waals surface area contributed by atoms with Crippen LogP contribution in [0.2, 0.25) is 0 Å². The maximum atomic E-state index is 13.1. The van der Waals surface area contributed by atoms with Gasteiger partial charge in [-0.15, -0.1) is 0 Å². The van der Waals surface area contributed by atoms with E-state index in [1.165, 1.54) is 18.9 Å². The zero-order valence-electron chi connectivity index (χ0n) is 17.3. The second-order valence-electron chi connectivity index (χ2n) is 7.45. The number of hydrogen-bond donors (Lipinski definition) is 2. The second-order valence-corrected chi connectivity index (χ2v) is 7.45. The fourth-order valence-electron chi connectivity index (χ4n) is 2.51. The number of alkyl carbamates (subject to hydrolysis) is 1. The molecule has 2 N–H and O–H groups in total. The fourth-order valence-corrected chi connectivity index (χ4v) is 2.51. The standard InChI is InChI=1S/C20H28N2O7/c1-13(18(26)28-5)22(12-14-9-7-6-8-10-14)17(25)15(11-16(23)24)21-19(27)29-20(2,3)4/h6-10,13,15H,11-12H2,1-5H3,(H,21,27)(H,23,24)/t13-,15+/m0/s1. The highest BCUT2D eigenvalue weighted by molar-refractivity contribution is 5.92. The highest BCUT2D eigenvalue weighted by atomic mass is 16.6. The first kappa shape index (κ1) is 23.9. The maximum Gasteiger partial charge on any atom is 0.408 e. The quantitative estimate of drug-likeness (QED) is 0.630. The van der Waals surface area contributed by atoms with Crippen molar-refractivity contribution in [3.63, 3.8) is 0 Å². The monoisotopic (exact) mass is 408 g/mol. The molecule has 9 heteroatoms. The Labute approximate surface area is 170 Å². The van der Waals surface area contributed by atoms with Crippen molar-refractivity contribution in [3.05, 3.63) is 35.9 Å². The van der Waals surface area contributed by atoms with E-state index in [0.717, 1.165) is 5.56 Å². The molecule has 2 amide bonds. The van der Waals surface area contributed by atoms with Gasteiger partial charge in [0.05, 0.1) is 13.5 Å². The lowest BCUT2D eigenvalue weighted by atomic mass is 10.1. The van der Waals surface area contributed by atoms with Gasteiger partial charge in [-0.1, -0.05) is 30.3 Å². The molecule has 0 saturated carbocycles. The summed E-state index contributed by atoms with van der Waals surface area (Å²) in [6.45, 7) is 6.42. The van der Waals surface area contributed by atoms with E-state index in [1.807, 2.05) is 0 Å². The van der Waals surface area contributed by atoms with Crippen molar-refractivity contribution in [2.24, 2.45) is 0 Å². The number of carboxylic acids is 1. The van der Waals surface area contributed by atoms with Crippen LogP contribution in [0.5, 0.6) is 0 Å². The number of amides is 2. The van der Waals surface area contributed by atoms with Crippen LogP contribution in [-0.2, 0) is 30.4 Å². The fraction of sp³-hybridized carbons (Fsp3) is 0.500. The van der Waals surface area contributed by atoms with E-state index in [1.54, 1.807) is 51.1 Å². The van der Waals surface area contributed by atoms with E-state index in [9.17, 15) is 24.3 Å². The van der Waals surface area contributed by atoms with Gasteiger partial charge in [0.25, 0.3) is 0 Å². The number of hydrogen-bond acceptors (Lipinski definition) is 6. The van der Waals surface area contributed by atoms with Crippen molar-refractivity contribution in [3.8, 4) is 0 Å². The summed E-state index contributed by atoms with van der Waals surface area (Å²) in [6, 6.07) is 6.46. The number of nitrogens with one attached hydrogen (secondary N) is 1. The number of rotatable bonds is 8. The minimum atomic E-state index is -1.42. The van der Waals surface area contributed by atoms with Gasteiger partial charge in [-0.2, -0.15) is 0 Å². The number of benzene rings is 1. The van der Waals surface area contributed by atoms with Crippen molar-refractivity contribution in [2.45, 2.75) is 58.3 Å². The summed E-state index contributed by atoms with van der Waals surface area (Å²) in [6.07, 6.45) is -1.60. The molecule has 1 rings (SSSR count). The molecular formula is C20H28N2O7. The van der Waals surface area contributed by atoms with E-state index in [-0.39, 0.29) is 6.54 Å². The van der Waals surface area contributed by atoms with Crippen LogP contribution in [0.1, 0.15) is 39.7 Å². The van der Waals surface area contributed by atoms with Crippen molar-refractivity contribution >= 4 is 23.9 Å². The lowest BCUT2D eigenvalue weighted by Gasteiger charge is -2.31. The predicted molar refractivity (Wildman–Crippen MR) is 104 cm³/mol. The third-order valence-corrected chi connectivity index (χ3v) is 3.86. The van der Waals surface area contributed by atoms with Crippen LogP contribution in [0.4, 0.5) is 4.79 Å². The van der Waals surface area contributed by atoms with Crippen molar-refractivity contribution < 1.29 is 33.8 Å². The first-order valence-corrected chi connectivity index (χ1v) is 9.08.